The third-order valence-corrected chi connectivity index (χ3v) is 2.57. The first-order valence-corrected chi connectivity index (χ1v) is 5.07. The van der Waals surface area contributed by atoms with Gasteiger partial charge in [-0.15, -0.1) is 11.8 Å². The fourth-order valence-electron chi connectivity index (χ4n) is 1.11. The largest absolute Gasteiger partial charge is 0.508 e. The van der Waals surface area contributed by atoms with Gasteiger partial charge in [-0.1, -0.05) is 6.07 Å². The van der Waals surface area contributed by atoms with Crippen molar-refractivity contribution in [3.05, 3.63) is 23.8 Å². The Morgan fingerprint density at radius 2 is 2.14 bits per heavy atom. The molecule has 0 heterocycles. The lowest BCUT2D eigenvalue weighted by Gasteiger charge is -2.11. The topological polar surface area (TPSA) is 77.8 Å². The second kappa shape index (κ2) is 4.34. The zero-order chi connectivity index (χ0) is 10.7. The quantitative estimate of drug-likeness (QED) is 0.660. The van der Waals surface area contributed by atoms with E-state index >= 15 is 0 Å². The number of aliphatic hydroxyl groups excluding tert-OH is 1. The van der Waals surface area contributed by atoms with Crippen LogP contribution in [-0.2, 0) is 4.79 Å². The molecule has 0 spiro atoms. The number of carboxylic acids is 1. The van der Waals surface area contributed by atoms with Crippen LogP contribution in [0.4, 0.5) is 0 Å². The maximum atomic E-state index is 10.5. The molecular weight excluding hydrogens is 204 g/mol. The number of carboxylic acid groups (broad SMARTS) is 1. The van der Waals surface area contributed by atoms with Gasteiger partial charge in [0, 0.05) is 10.5 Å². The maximum absolute atomic E-state index is 10.5. The Balaban J connectivity index is 3.23. The molecule has 0 fully saturated rings. The van der Waals surface area contributed by atoms with Crippen molar-refractivity contribution >= 4 is 17.7 Å². The summed E-state index contributed by atoms with van der Waals surface area (Å²) < 4.78 is 0. The van der Waals surface area contributed by atoms with E-state index in [-0.39, 0.29) is 11.3 Å². The number of phenols is 1. The SMILES string of the molecule is CSc1cccc(O)c1C(O)C(=O)O. The highest BCUT2D eigenvalue weighted by Crippen LogP contribution is 2.33. The predicted molar refractivity (Wildman–Crippen MR) is 52.5 cm³/mol. The molecule has 14 heavy (non-hydrogen) atoms. The summed E-state index contributed by atoms with van der Waals surface area (Å²) in [5, 5.41) is 27.3. The highest BCUT2D eigenvalue weighted by Gasteiger charge is 2.22. The van der Waals surface area contributed by atoms with Crippen LogP contribution in [-0.4, -0.2) is 27.5 Å². The number of aromatic hydroxyl groups is 1. The van der Waals surface area contributed by atoms with Crippen LogP contribution in [0.15, 0.2) is 23.1 Å². The molecule has 0 aliphatic heterocycles. The van der Waals surface area contributed by atoms with Gasteiger partial charge in [-0.25, -0.2) is 4.79 Å². The highest BCUT2D eigenvalue weighted by atomic mass is 32.2. The van der Waals surface area contributed by atoms with Crippen molar-refractivity contribution in [3.63, 3.8) is 0 Å². The van der Waals surface area contributed by atoms with Crippen LogP contribution in [0.1, 0.15) is 11.7 Å². The molecule has 1 unspecified atom stereocenters. The van der Waals surface area contributed by atoms with Gasteiger partial charge in [0.2, 0.25) is 0 Å². The zero-order valence-corrected chi connectivity index (χ0v) is 8.28. The summed E-state index contributed by atoms with van der Waals surface area (Å²) in [7, 11) is 0. The number of hydrogen-bond donors (Lipinski definition) is 3. The lowest BCUT2D eigenvalue weighted by molar-refractivity contribution is -0.147. The zero-order valence-electron chi connectivity index (χ0n) is 7.47. The summed E-state index contributed by atoms with van der Waals surface area (Å²) in [6, 6.07) is 4.59. The van der Waals surface area contributed by atoms with Gasteiger partial charge in [-0.3, -0.25) is 0 Å². The molecule has 1 aromatic rings. The molecule has 0 amide bonds. The molecule has 0 aliphatic rings. The normalized spacial score (nSPS) is 12.4. The van der Waals surface area contributed by atoms with E-state index in [1.807, 2.05) is 0 Å². The smallest absolute Gasteiger partial charge is 0.337 e. The third-order valence-electron chi connectivity index (χ3n) is 1.77. The second-order valence-electron chi connectivity index (χ2n) is 2.63. The van der Waals surface area contributed by atoms with Gasteiger partial charge in [-0.05, 0) is 18.4 Å². The minimum absolute atomic E-state index is 0.0486. The molecule has 0 aromatic heterocycles. The Morgan fingerprint density at radius 1 is 1.50 bits per heavy atom. The van der Waals surface area contributed by atoms with Gasteiger partial charge in [-0.2, -0.15) is 0 Å². The average Bonchev–Trinajstić information content (AvgIpc) is 2.16. The van der Waals surface area contributed by atoms with Crippen LogP contribution in [0.25, 0.3) is 0 Å². The van der Waals surface area contributed by atoms with E-state index in [4.69, 9.17) is 5.11 Å². The molecule has 0 bridgehead atoms. The summed E-state index contributed by atoms with van der Waals surface area (Å²) in [6.45, 7) is 0. The molecule has 0 saturated carbocycles. The van der Waals surface area contributed by atoms with Crippen LogP contribution in [0, 0.1) is 0 Å². The van der Waals surface area contributed by atoms with Crippen molar-refractivity contribution in [2.24, 2.45) is 0 Å². The monoisotopic (exact) mass is 214 g/mol. The number of aliphatic carboxylic acids is 1. The Hall–Kier alpha value is -1.20. The molecular formula is C9H10O4S. The van der Waals surface area contributed by atoms with E-state index in [1.54, 1.807) is 18.4 Å². The molecule has 1 atom stereocenters. The number of hydrogen-bond acceptors (Lipinski definition) is 4. The molecule has 5 heteroatoms. The Morgan fingerprint density at radius 3 is 2.64 bits per heavy atom. The van der Waals surface area contributed by atoms with Gasteiger partial charge in [0.05, 0.1) is 0 Å². The molecule has 0 saturated heterocycles. The molecule has 0 radical (unpaired) electrons. The van der Waals surface area contributed by atoms with E-state index in [1.165, 1.54) is 17.8 Å². The van der Waals surface area contributed by atoms with Gasteiger partial charge in [0.25, 0.3) is 0 Å². The van der Waals surface area contributed by atoms with Crippen molar-refractivity contribution in [2.45, 2.75) is 11.0 Å². The molecule has 1 rings (SSSR count). The van der Waals surface area contributed by atoms with E-state index in [0.29, 0.717) is 4.90 Å². The minimum Gasteiger partial charge on any atom is -0.508 e. The minimum atomic E-state index is -1.68. The van der Waals surface area contributed by atoms with E-state index in [2.05, 4.69) is 0 Å². The van der Waals surface area contributed by atoms with Crippen LogP contribution in [0.2, 0.25) is 0 Å². The summed E-state index contributed by atoms with van der Waals surface area (Å²) in [5.41, 5.74) is 0.0486. The first-order valence-electron chi connectivity index (χ1n) is 3.84. The number of aliphatic hydroxyl groups is 1. The number of thioether (sulfide) groups is 1. The summed E-state index contributed by atoms with van der Waals surface area (Å²) in [6.07, 6.45) is 0.0611. The van der Waals surface area contributed by atoms with Crippen molar-refractivity contribution in [2.75, 3.05) is 6.26 Å². The van der Waals surface area contributed by atoms with Crippen LogP contribution in [0.3, 0.4) is 0 Å². The van der Waals surface area contributed by atoms with Crippen molar-refractivity contribution < 1.29 is 20.1 Å². The van der Waals surface area contributed by atoms with Crippen LogP contribution in [0.5, 0.6) is 5.75 Å². The van der Waals surface area contributed by atoms with Crippen LogP contribution < -0.4 is 0 Å². The standard InChI is InChI=1S/C9H10O4S/c1-14-6-4-2-3-5(10)7(6)8(11)9(12)13/h2-4,8,10-11H,1H3,(H,12,13). The number of carbonyl (C=O) groups is 1. The molecule has 3 N–H and O–H groups in total. The van der Waals surface area contributed by atoms with Gasteiger partial charge < -0.3 is 15.3 Å². The van der Waals surface area contributed by atoms with E-state index < -0.39 is 12.1 Å². The molecule has 76 valence electrons. The highest BCUT2D eigenvalue weighted by molar-refractivity contribution is 7.98. The van der Waals surface area contributed by atoms with Gasteiger partial charge in [0.15, 0.2) is 6.10 Å². The van der Waals surface area contributed by atoms with Crippen molar-refractivity contribution in [3.8, 4) is 5.75 Å². The Labute approximate surface area is 85.2 Å². The number of rotatable bonds is 3. The fraction of sp³-hybridized carbons (Fsp3) is 0.222. The predicted octanol–water partition coefficient (Wildman–Crippen LogP) is 1.23. The van der Waals surface area contributed by atoms with E-state index in [9.17, 15) is 15.0 Å². The summed E-state index contributed by atoms with van der Waals surface area (Å²) in [5.74, 6) is -1.58. The van der Waals surface area contributed by atoms with E-state index in [0.717, 1.165) is 0 Å². The third kappa shape index (κ3) is 2.00. The Kier molecular flexibility index (Phi) is 3.38. The van der Waals surface area contributed by atoms with Gasteiger partial charge >= 0.3 is 5.97 Å². The van der Waals surface area contributed by atoms with Crippen molar-refractivity contribution in [1.29, 1.82) is 0 Å². The first kappa shape index (κ1) is 10.9. The summed E-state index contributed by atoms with van der Waals surface area (Å²) >= 11 is 1.27. The average molecular weight is 214 g/mol. The second-order valence-corrected chi connectivity index (χ2v) is 3.48. The van der Waals surface area contributed by atoms with Crippen molar-refractivity contribution in [1.82, 2.24) is 0 Å². The fourth-order valence-corrected chi connectivity index (χ4v) is 1.76. The first-order chi connectivity index (χ1) is 6.57. The molecule has 4 nitrogen and oxygen atoms in total. The Bertz CT molecular complexity index is 351. The number of benzene rings is 1. The van der Waals surface area contributed by atoms with Crippen LogP contribution >= 0.6 is 11.8 Å². The number of phenolic OH excluding ortho intramolecular Hbond substituents is 1. The molecule has 0 aliphatic carbocycles. The summed E-state index contributed by atoms with van der Waals surface area (Å²) in [4.78, 5) is 11.1. The molecule has 1 aromatic carbocycles. The lowest BCUT2D eigenvalue weighted by Crippen LogP contribution is -2.11. The lowest BCUT2D eigenvalue weighted by atomic mass is 10.1. The maximum Gasteiger partial charge on any atom is 0.337 e. The van der Waals surface area contributed by atoms with Gasteiger partial charge in [0.1, 0.15) is 5.75 Å².